The fourth-order valence-electron chi connectivity index (χ4n) is 2.94. The number of hydrogen-bond donors (Lipinski definition) is 2. The van der Waals surface area contributed by atoms with Crippen molar-refractivity contribution < 1.29 is 13.9 Å². The number of carbonyl (C=O) groups excluding carboxylic acids is 1. The van der Waals surface area contributed by atoms with Crippen molar-refractivity contribution in [2.75, 3.05) is 32.8 Å². The molecule has 0 bridgehead atoms. The molecule has 2 fully saturated rings. The largest absolute Gasteiger partial charge is 0.380 e. The summed E-state index contributed by atoms with van der Waals surface area (Å²) in [4.78, 5) is 14.6. The Morgan fingerprint density at radius 2 is 2.24 bits per heavy atom. The summed E-state index contributed by atoms with van der Waals surface area (Å²) in [5.74, 6) is -0.396. The van der Waals surface area contributed by atoms with E-state index in [1.165, 1.54) is 12.1 Å². The minimum Gasteiger partial charge on any atom is -0.380 e. The molecule has 2 saturated heterocycles. The van der Waals surface area contributed by atoms with Crippen molar-refractivity contribution in [3.63, 3.8) is 0 Å². The van der Waals surface area contributed by atoms with Gasteiger partial charge in [0.15, 0.2) is 0 Å². The summed E-state index contributed by atoms with van der Waals surface area (Å²) in [5, 5.41) is 0. The van der Waals surface area contributed by atoms with Gasteiger partial charge in [0, 0.05) is 26.2 Å². The van der Waals surface area contributed by atoms with E-state index in [1.54, 1.807) is 6.07 Å². The average molecular weight is 293 g/mol. The number of amides is 1. The van der Waals surface area contributed by atoms with E-state index in [-0.39, 0.29) is 23.7 Å². The highest BCUT2D eigenvalue weighted by molar-refractivity contribution is 5.80. The van der Waals surface area contributed by atoms with Crippen molar-refractivity contribution in [2.24, 2.45) is 5.92 Å². The first kappa shape index (κ1) is 14.4. The molecular weight excluding hydrogens is 273 g/mol. The number of hydrazine groups is 1. The molecule has 0 saturated carbocycles. The molecule has 1 amide bonds. The molecule has 1 aromatic carbocycles. The zero-order valence-corrected chi connectivity index (χ0v) is 11.8. The molecule has 6 heteroatoms. The quantitative estimate of drug-likeness (QED) is 0.848. The van der Waals surface area contributed by atoms with E-state index < -0.39 is 0 Å². The van der Waals surface area contributed by atoms with Gasteiger partial charge >= 0.3 is 0 Å². The SMILES string of the molecule is O=C(C1CNNC1c1cccc(F)c1)N1CCCOCC1. The predicted molar refractivity (Wildman–Crippen MR) is 75.8 cm³/mol. The number of benzene rings is 1. The van der Waals surface area contributed by atoms with E-state index >= 15 is 0 Å². The Morgan fingerprint density at radius 1 is 1.33 bits per heavy atom. The first-order valence-electron chi connectivity index (χ1n) is 7.36. The number of hydrogen-bond acceptors (Lipinski definition) is 4. The van der Waals surface area contributed by atoms with Crippen LogP contribution in [0, 0.1) is 11.7 Å². The van der Waals surface area contributed by atoms with Crippen molar-refractivity contribution in [1.29, 1.82) is 0 Å². The molecule has 2 aliphatic rings. The molecule has 2 aliphatic heterocycles. The van der Waals surface area contributed by atoms with E-state index in [0.717, 1.165) is 18.5 Å². The number of halogens is 1. The number of nitrogens with zero attached hydrogens (tertiary/aromatic N) is 1. The van der Waals surface area contributed by atoms with Crippen LogP contribution in [-0.4, -0.2) is 43.7 Å². The van der Waals surface area contributed by atoms with Gasteiger partial charge in [0.1, 0.15) is 5.82 Å². The Labute approximate surface area is 123 Å². The van der Waals surface area contributed by atoms with Gasteiger partial charge in [-0.25, -0.2) is 9.82 Å². The number of rotatable bonds is 2. The van der Waals surface area contributed by atoms with Crippen LogP contribution in [0.5, 0.6) is 0 Å². The fourth-order valence-corrected chi connectivity index (χ4v) is 2.94. The van der Waals surface area contributed by atoms with Crippen LogP contribution in [0.1, 0.15) is 18.0 Å². The lowest BCUT2D eigenvalue weighted by molar-refractivity contribution is -0.135. The maximum absolute atomic E-state index is 13.4. The zero-order chi connectivity index (χ0) is 14.7. The maximum atomic E-state index is 13.4. The van der Waals surface area contributed by atoms with Crippen LogP contribution >= 0.6 is 0 Å². The van der Waals surface area contributed by atoms with Crippen LogP contribution in [0.3, 0.4) is 0 Å². The molecule has 0 aliphatic carbocycles. The van der Waals surface area contributed by atoms with Crippen molar-refractivity contribution in [2.45, 2.75) is 12.5 Å². The summed E-state index contributed by atoms with van der Waals surface area (Å²) >= 11 is 0. The molecule has 0 radical (unpaired) electrons. The average Bonchev–Trinajstić information content (AvgIpc) is 2.82. The molecule has 2 atom stereocenters. The smallest absolute Gasteiger partial charge is 0.229 e. The third kappa shape index (κ3) is 3.23. The molecule has 1 aromatic rings. The van der Waals surface area contributed by atoms with Gasteiger partial charge < -0.3 is 9.64 Å². The standard InChI is InChI=1S/C15H20FN3O2/c16-12-4-1-3-11(9-12)14-13(10-17-18-14)15(20)19-5-2-7-21-8-6-19/h1,3-4,9,13-14,17-18H,2,5-8,10H2. The van der Waals surface area contributed by atoms with Crippen molar-refractivity contribution >= 4 is 5.91 Å². The number of ether oxygens (including phenoxy) is 1. The molecule has 3 rings (SSSR count). The third-order valence-corrected chi connectivity index (χ3v) is 4.04. The molecule has 21 heavy (non-hydrogen) atoms. The lowest BCUT2D eigenvalue weighted by Crippen LogP contribution is -2.40. The van der Waals surface area contributed by atoms with Gasteiger partial charge in [0.05, 0.1) is 18.6 Å². The topological polar surface area (TPSA) is 53.6 Å². The van der Waals surface area contributed by atoms with E-state index in [1.807, 2.05) is 11.0 Å². The molecule has 2 heterocycles. The van der Waals surface area contributed by atoms with E-state index in [0.29, 0.717) is 26.3 Å². The van der Waals surface area contributed by atoms with Gasteiger partial charge in [-0.05, 0) is 24.1 Å². The van der Waals surface area contributed by atoms with Gasteiger partial charge in [-0.3, -0.25) is 10.2 Å². The van der Waals surface area contributed by atoms with E-state index in [9.17, 15) is 9.18 Å². The highest BCUT2D eigenvalue weighted by Gasteiger charge is 2.36. The van der Waals surface area contributed by atoms with Gasteiger partial charge in [-0.15, -0.1) is 0 Å². The number of nitrogens with one attached hydrogen (secondary N) is 2. The first-order valence-corrected chi connectivity index (χ1v) is 7.36. The Kier molecular flexibility index (Phi) is 4.48. The Balaban J connectivity index is 1.75. The summed E-state index contributed by atoms with van der Waals surface area (Å²) in [5.41, 5.74) is 6.91. The minimum absolute atomic E-state index is 0.104. The fraction of sp³-hybridized carbons (Fsp3) is 0.533. The van der Waals surface area contributed by atoms with Gasteiger partial charge in [-0.2, -0.15) is 0 Å². The van der Waals surface area contributed by atoms with Gasteiger partial charge in [-0.1, -0.05) is 12.1 Å². The molecule has 0 spiro atoms. The Bertz CT molecular complexity index is 503. The molecule has 2 unspecified atom stereocenters. The van der Waals surface area contributed by atoms with Gasteiger partial charge in [0.2, 0.25) is 5.91 Å². The second-order valence-corrected chi connectivity index (χ2v) is 5.46. The highest BCUT2D eigenvalue weighted by atomic mass is 19.1. The summed E-state index contributed by atoms with van der Waals surface area (Å²) in [6.45, 7) is 3.20. The lowest BCUT2D eigenvalue weighted by atomic mass is 9.93. The minimum atomic E-state index is -0.282. The second-order valence-electron chi connectivity index (χ2n) is 5.46. The van der Waals surface area contributed by atoms with Crippen LogP contribution < -0.4 is 10.9 Å². The van der Waals surface area contributed by atoms with Crippen molar-refractivity contribution in [1.82, 2.24) is 15.8 Å². The highest BCUT2D eigenvalue weighted by Crippen LogP contribution is 2.27. The summed E-state index contributed by atoms with van der Waals surface area (Å²) in [7, 11) is 0. The van der Waals surface area contributed by atoms with Crippen LogP contribution in [-0.2, 0) is 9.53 Å². The molecule has 114 valence electrons. The zero-order valence-electron chi connectivity index (χ0n) is 11.8. The Hall–Kier alpha value is -1.50. The summed E-state index contributed by atoms with van der Waals surface area (Å²) < 4.78 is 18.8. The first-order chi connectivity index (χ1) is 10.3. The van der Waals surface area contributed by atoms with Crippen LogP contribution in [0.15, 0.2) is 24.3 Å². The van der Waals surface area contributed by atoms with Crippen LogP contribution in [0.4, 0.5) is 4.39 Å². The monoisotopic (exact) mass is 293 g/mol. The van der Waals surface area contributed by atoms with E-state index in [4.69, 9.17) is 4.74 Å². The maximum Gasteiger partial charge on any atom is 0.229 e. The van der Waals surface area contributed by atoms with Crippen LogP contribution in [0.25, 0.3) is 0 Å². The summed E-state index contributed by atoms with van der Waals surface area (Å²) in [6.07, 6.45) is 0.865. The molecular formula is C15H20FN3O2. The van der Waals surface area contributed by atoms with Crippen molar-refractivity contribution in [3.8, 4) is 0 Å². The number of carbonyl (C=O) groups is 1. The van der Waals surface area contributed by atoms with E-state index in [2.05, 4.69) is 10.9 Å². The van der Waals surface area contributed by atoms with Gasteiger partial charge in [0.25, 0.3) is 0 Å². The molecule has 5 nitrogen and oxygen atoms in total. The third-order valence-electron chi connectivity index (χ3n) is 4.04. The molecule has 2 N–H and O–H groups in total. The van der Waals surface area contributed by atoms with Crippen molar-refractivity contribution in [3.05, 3.63) is 35.6 Å². The predicted octanol–water partition coefficient (Wildman–Crippen LogP) is 0.840. The Morgan fingerprint density at radius 3 is 3.10 bits per heavy atom. The lowest BCUT2D eigenvalue weighted by Gasteiger charge is -2.26. The van der Waals surface area contributed by atoms with Crippen LogP contribution in [0.2, 0.25) is 0 Å². The summed E-state index contributed by atoms with van der Waals surface area (Å²) in [6, 6.07) is 6.22. The normalized spacial score (nSPS) is 26.6. The molecule has 0 aromatic heterocycles. The second kappa shape index (κ2) is 6.51.